The van der Waals surface area contributed by atoms with Crippen LogP contribution in [-0.2, 0) is 42.0 Å². The number of rotatable bonds is 12. The molecule has 4 heterocycles. The summed E-state index contributed by atoms with van der Waals surface area (Å²) >= 11 is 0. The molecule has 4 fully saturated rings. The van der Waals surface area contributed by atoms with E-state index >= 15 is 0 Å². The summed E-state index contributed by atoms with van der Waals surface area (Å²) in [5, 5.41) is 141. The normalized spacial score (nSPS) is 50.9. The number of aliphatic hydroxyl groups is 14. The average molecular weight is 747 g/mol. The molecule has 15 N–H and O–H groups in total. The third-order valence-corrected chi connectivity index (χ3v) is 9.36. The molecule has 4 saturated heterocycles. The second-order valence-corrected chi connectivity index (χ2v) is 13.1. The third-order valence-electron chi connectivity index (χ3n) is 8.41. The Morgan fingerprint density at radius 1 is 0.469 bits per heavy atom. The largest absolute Gasteiger partial charge is 0.474 e. The zero-order valence-electron chi connectivity index (χ0n) is 25.2. The molecule has 0 bridgehead atoms. The predicted molar refractivity (Wildman–Crippen MR) is 145 cm³/mol. The molecule has 0 radical (unpaired) electrons. The van der Waals surface area contributed by atoms with E-state index in [9.17, 15) is 80.9 Å². The Hall–Kier alpha value is -0.690. The van der Waals surface area contributed by atoms with Gasteiger partial charge in [0.1, 0.15) is 97.7 Å². The Balaban J connectivity index is 1.56. The van der Waals surface area contributed by atoms with Gasteiger partial charge in [0, 0.05) is 0 Å². The first-order valence-corrected chi connectivity index (χ1v) is 16.4. The quantitative estimate of drug-likeness (QED) is 0.0824. The molecule has 0 aromatic rings. The van der Waals surface area contributed by atoms with E-state index in [1.807, 2.05) is 0 Å². The molecule has 1 unspecified atom stereocenters. The van der Waals surface area contributed by atoms with Crippen LogP contribution in [0.25, 0.3) is 0 Å². The molecular weight excluding hydrogens is 703 g/mol. The van der Waals surface area contributed by atoms with Crippen LogP contribution in [0.1, 0.15) is 0 Å². The second-order valence-electron chi connectivity index (χ2n) is 11.7. The molecule has 49 heavy (non-hydrogen) atoms. The average Bonchev–Trinajstić information content (AvgIpc) is 3.07. The highest BCUT2D eigenvalue weighted by Crippen LogP contribution is 2.48. The summed E-state index contributed by atoms with van der Waals surface area (Å²) < 4.78 is 54.7. The summed E-state index contributed by atoms with van der Waals surface area (Å²) in [5.74, 6) is 0. The van der Waals surface area contributed by atoms with Gasteiger partial charge in [0.05, 0.1) is 26.4 Å². The number of ether oxygens (including phenoxy) is 6. The van der Waals surface area contributed by atoms with Crippen LogP contribution in [0.3, 0.4) is 0 Å². The molecule has 0 spiro atoms. The van der Waals surface area contributed by atoms with Crippen LogP contribution in [-0.4, -0.2) is 226 Å². The van der Waals surface area contributed by atoms with Gasteiger partial charge in [-0.25, -0.2) is 4.57 Å². The van der Waals surface area contributed by atoms with E-state index in [2.05, 4.69) is 0 Å². The Labute approximate surface area is 275 Å². The predicted octanol–water partition coefficient (Wildman–Crippen LogP) is -9.63. The SMILES string of the molecule is O=P(O)(OC[C@H]1O[C@H](O)[C@@H](O)[C@@H](O)[C@@H]1O)O[C@H]1O[C@H](CO)[C@@H](O)[C@H](O)[C@@H]1O[C@@H]1O[C@H](CO)[C@@H](O)[C@H](O)[C@@H]1O[C@@H]1O[C@H](CO)[C@@H](O)[C@H](O)[C@@H]1O. The van der Waals surface area contributed by atoms with Gasteiger partial charge in [-0.2, -0.15) is 0 Å². The molecule has 25 heteroatoms. The van der Waals surface area contributed by atoms with Gasteiger partial charge in [-0.15, -0.1) is 0 Å². The van der Waals surface area contributed by atoms with Gasteiger partial charge in [-0.1, -0.05) is 0 Å². The lowest BCUT2D eigenvalue weighted by Crippen LogP contribution is -2.67. The van der Waals surface area contributed by atoms with Crippen LogP contribution in [0.15, 0.2) is 0 Å². The van der Waals surface area contributed by atoms with Crippen LogP contribution in [0.4, 0.5) is 0 Å². The van der Waals surface area contributed by atoms with Crippen molar-refractivity contribution in [3.05, 3.63) is 0 Å². The van der Waals surface area contributed by atoms with Crippen molar-refractivity contribution in [2.45, 2.75) is 123 Å². The van der Waals surface area contributed by atoms with Crippen LogP contribution >= 0.6 is 7.82 Å². The summed E-state index contributed by atoms with van der Waals surface area (Å²) in [4.78, 5) is 10.4. The van der Waals surface area contributed by atoms with Crippen molar-refractivity contribution in [2.75, 3.05) is 26.4 Å². The first-order chi connectivity index (χ1) is 23.0. The number of phosphoric ester groups is 1. The minimum absolute atomic E-state index is 0.879. The van der Waals surface area contributed by atoms with Gasteiger partial charge in [-0.05, 0) is 0 Å². The zero-order chi connectivity index (χ0) is 36.5. The summed E-state index contributed by atoms with van der Waals surface area (Å²) in [6.07, 6.45) is -38.9. The lowest BCUT2D eigenvalue weighted by Gasteiger charge is -2.48. The molecule has 24 nitrogen and oxygen atoms in total. The molecule has 21 atom stereocenters. The molecule has 0 saturated carbocycles. The third kappa shape index (κ3) is 8.93. The Morgan fingerprint density at radius 3 is 1.41 bits per heavy atom. The maximum absolute atomic E-state index is 12.9. The van der Waals surface area contributed by atoms with Crippen molar-refractivity contribution in [2.24, 2.45) is 0 Å². The molecule has 4 rings (SSSR count). The summed E-state index contributed by atoms with van der Waals surface area (Å²) in [6, 6.07) is 0. The van der Waals surface area contributed by atoms with Crippen molar-refractivity contribution >= 4 is 7.82 Å². The van der Waals surface area contributed by atoms with E-state index < -0.39 is 157 Å². The Morgan fingerprint density at radius 2 is 0.878 bits per heavy atom. The fourth-order valence-corrected chi connectivity index (χ4v) is 6.31. The highest BCUT2D eigenvalue weighted by molar-refractivity contribution is 7.47. The van der Waals surface area contributed by atoms with Crippen molar-refractivity contribution < 1.29 is 118 Å². The smallest absolute Gasteiger partial charge is 0.394 e. The van der Waals surface area contributed by atoms with Crippen molar-refractivity contribution in [1.82, 2.24) is 0 Å². The lowest BCUT2D eigenvalue weighted by atomic mass is 9.96. The molecule has 0 aliphatic carbocycles. The highest BCUT2D eigenvalue weighted by atomic mass is 31.2. The summed E-state index contributed by atoms with van der Waals surface area (Å²) in [6.45, 7) is -3.90. The van der Waals surface area contributed by atoms with E-state index in [0.29, 0.717) is 0 Å². The maximum atomic E-state index is 12.9. The number of aliphatic hydroxyl groups excluding tert-OH is 14. The van der Waals surface area contributed by atoms with E-state index in [1.165, 1.54) is 0 Å². The topological polar surface area (TPSA) is 394 Å². The summed E-state index contributed by atoms with van der Waals surface area (Å²) in [7, 11) is -5.42. The number of phosphoric acid groups is 1. The van der Waals surface area contributed by atoms with E-state index in [0.717, 1.165) is 0 Å². The Bertz CT molecular complexity index is 1090. The molecule has 0 aromatic carbocycles. The fraction of sp³-hybridized carbons (Fsp3) is 1.00. The van der Waals surface area contributed by atoms with Crippen LogP contribution in [0.2, 0.25) is 0 Å². The number of hydrogen-bond donors (Lipinski definition) is 15. The molecule has 0 amide bonds. The van der Waals surface area contributed by atoms with Crippen LogP contribution < -0.4 is 0 Å². The molecule has 4 aliphatic rings. The van der Waals surface area contributed by atoms with Gasteiger partial charge in [0.15, 0.2) is 25.2 Å². The highest BCUT2D eigenvalue weighted by Gasteiger charge is 2.55. The van der Waals surface area contributed by atoms with Crippen molar-refractivity contribution in [3.63, 3.8) is 0 Å². The van der Waals surface area contributed by atoms with Crippen molar-refractivity contribution in [3.8, 4) is 0 Å². The minimum Gasteiger partial charge on any atom is -0.394 e. The standard InChI is InChI=1S/C24H43O24P/c25-1-5-9(28)14(33)18(37)22(43-5)46-19-15(34)10(29)6(2-26)44-23(19)47-20-16(35)11(30)7(3-27)45-24(20)48-49(39,40)41-4-8-12(31)13(32)17(36)21(38)42-8/h5-38H,1-4H2,(H,39,40)/t5-,6-,7-,8-,9-,10-,11-,12-,13+,14+,15+,16+,17+,18+,19+,20+,21+,22+,23+,24-/m1/s1. The summed E-state index contributed by atoms with van der Waals surface area (Å²) in [5.41, 5.74) is 0. The monoisotopic (exact) mass is 746 g/mol. The maximum Gasteiger partial charge on any atom is 0.474 e. The zero-order valence-corrected chi connectivity index (χ0v) is 26.1. The van der Waals surface area contributed by atoms with E-state index in [4.69, 9.17) is 37.5 Å². The van der Waals surface area contributed by atoms with Crippen LogP contribution in [0, 0.1) is 0 Å². The first-order valence-electron chi connectivity index (χ1n) is 14.9. The fourth-order valence-electron chi connectivity index (χ4n) is 5.48. The first kappa shape index (κ1) is 41.1. The molecule has 288 valence electrons. The van der Waals surface area contributed by atoms with E-state index in [1.54, 1.807) is 0 Å². The molecule has 4 aliphatic heterocycles. The lowest BCUT2D eigenvalue weighted by molar-refractivity contribution is -0.389. The minimum atomic E-state index is -5.42. The van der Waals surface area contributed by atoms with Gasteiger partial charge in [0.2, 0.25) is 0 Å². The van der Waals surface area contributed by atoms with Gasteiger partial charge in [-0.3, -0.25) is 9.05 Å². The van der Waals surface area contributed by atoms with Crippen LogP contribution in [0.5, 0.6) is 0 Å². The van der Waals surface area contributed by atoms with Gasteiger partial charge < -0.3 is 105 Å². The second kappa shape index (κ2) is 17.0. The number of hydrogen-bond acceptors (Lipinski definition) is 23. The molecular formula is C24H43O24P. The Kier molecular flexibility index (Phi) is 14.2. The molecule has 0 aromatic heterocycles. The van der Waals surface area contributed by atoms with E-state index in [-0.39, 0.29) is 0 Å². The van der Waals surface area contributed by atoms with Gasteiger partial charge >= 0.3 is 7.82 Å². The van der Waals surface area contributed by atoms with Gasteiger partial charge in [0.25, 0.3) is 0 Å². The van der Waals surface area contributed by atoms with Crippen molar-refractivity contribution in [1.29, 1.82) is 0 Å².